The molecule has 2 atom stereocenters. The van der Waals surface area contributed by atoms with Crippen molar-refractivity contribution in [1.82, 2.24) is 0 Å². The van der Waals surface area contributed by atoms with Gasteiger partial charge in [-0.1, -0.05) is 45.4 Å². The van der Waals surface area contributed by atoms with Crippen molar-refractivity contribution >= 4 is 0 Å². The summed E-state index contributed by atoms with van der Waals surface area (Å²) in [4.78, 5) is 0. The summed E-state index contributed by atoms with van der Waals surface area (Å²) < 4.78 is 132. The number of hydrogen-bond acceptors (Lipinski definition) is 2. The molecule has 2 nitrogen and oxygen atoms in total. The number of unbranched alkanes of at least 4 members (excludes halogenated alkanes) is 2. The van der Waals surface area contributed by atoms with Gasteiger partial charge >= 0.3 is 12.5 Å². The van der Waals surface area contributed by atoms with Crippen LogP contribution in [-0.2, 0) is 15.6 Å². The van der Waals surface area contributed by atoms with Crippen molar-refractivity contribution in [2.45, 2.75) is 114 Å². The van der Waals surface area contributed by atoms with Gasteiger partial charge in [0.25, 0.3) is 5.85 Å². The van der Waals surface area contributed by atoms with Crippen LogP contribution in [0.1, 0.15) is 101 Å². The third-order valence-corrected chi connectivity index (χ3v) is 9.05. The van der Waals surface area contributed by atoms with E-state index in [9.17, 15) is 39.5 Å². The number of allylic oxidation sites excluding steroid dienone is 1. The number of halogens is 9. The predicted molar refractivity (Wildman–Crippen MR) is 139 cm³/mol. The summed E-state index contributed by atoms with van der Waals surface area (Å²) in [7, 11) is 0. The molecule has 1 aromatic rings. The molecule has 0 aromatic heterocycles. The molecule has 3 aliphatic rings. The van der Waals surface area contributed by atoms with Gasteiger partial charge in [-0.3, -0.25) is 0 Å². The molecular weight excluding hydrogens is 575 g/mol. The Bertz CT molecular complexity index is 1090. The van der Waals surface area contributed by atoms with Crippen molar-refractivity contribution < 1.29 is 49.0 Å². The van der Waals surface area contributed by atoms with E-state index in [1.807, 2.05) is 0 Å². The first-order valence-electron chi connectivity index (χ1n) is 14.8. The number of benzene rings is 1. The van der Waals surface area contributed by atoms with Gasteiger partial charge in [-0.2, -0.15) is 8.78 Å². The van der Waals surface area contributed by atoms with Gasteiger partial charge in [-0.25, -0.2) is 22.3 Å². The predicted octanol–water partition coefficient (Wildman–Crippen LogP) is 10.7. The summed E-state index contributed by atoms with van der Waals surface area (Å²) in [5.41, 5.74) is -1.47. The van der Waals surface area contributed by atoms with Gasteiger partial charge in [0.05, 0.1) is 0 Å². The maximum absolute atomic E-state index is 14.9. The minimum Gasteiger partial charge on any atom is -0.429 e. The van der Waals surface area contributed by atoms with Gasteiger partial charge in [-0.15, -0.1) is 13.2 Å². The topological polar surface area (TPSA) is 18.5 Å². The molecule has 0 spiro atoms. The van der Waals surface area contributed by atoms with E-state index in [0.29, 0.717) is 24.7 Å². The quantitative estimate of drug-likeness (QED) is 0.193. The fourth-order valence-corrected chi connectivity index (χ4v) is 6.80. The highest BCUT2D eigenvalue weighted by Crippen LogP contribution is 2.46. The second-order valence-corrected chi connectivity index (χ2v) is 11.9. The third kappa shape index (κ3) is 8.05. The lowest BCUT2D eigenvalue weighted by Crippen LogP contribution is -2.41. The van der Waals surface area contributed by atoms with E-state index < -0.39 is 47.5 Å². The number of hydrogen-bond donors (Lipinski definition) is 0. The van der Waals surface area contributed by atoms with Gasteiger partial charge in [-0.05, 0) is 98.1 Å². The summed E-state index contributed by atoms with van der Waals surface area (Å²) >= 11 is 0. The first kappa shape index (κ1) is 32.7. The molecule has 3 aliphatic carbocycles. The van der Waals surface area contributed by atoms with E-state index in [2.05, 4.69) is 16.4 Å². The zero-order valence-corrected chi connectivity index (χ0v) is 23.5. The van der Waals surface area contributed by atoms with E-state index in [-0.39, 0.29) is 29.7 Å². The summed E-state index contributed by atoms with van der Waals surface area (Å²) in [5.74, 6) is -6.47. The molecule has 2 fully saturated rings. The molecule has 2 saturated carbocycles. The molecule has 2 unspecified atom stereocenters. The monoisotopic (exact) mass is 612 g/mol. The molecule has 42 heavy (non-hydrogen) atoms. The normalized spacial score (nSPS) is 30.7. The van der Waals surface area contributed by atoms with Crippen molar-refractivity contribution in [2.24, 2.45) is 17.8 Å². The smallest absolute Gasteiger partial charge is 0.429 e. The second-order valence-electron chi connectivity index (χ2n) is 11.9. The van der Waals surface area contributed by atoms with Crippen LogP contribution in [0, 0.1) is 29.4 Å². The SMILES string of the molecule is CCCCCC1CCC(C2CCC(c3cc(F)c(C(F)(F)OC4=CC(F)C(F)(OC(F)(F)F)C=C4)c(F)c3)CC2)CC1. The van der Waals surface area contributed by atoms with E-state index in [4.69, 9.17) is 0 Å². The van der Waals surface area contributed by atoms with Crippen LogP contribution in [0.3, 0.4) is 0 Å². The molecule has 0 aliphatic heterocycles. The minimum absolute atomic E-state index is 0.0266. The van der Waals surface area contributed by atoms with Crippen molar-refractivity contribution in [1.29, 1.82) is 0 Å². The van der Waals surface area contributed by atoms with Crippen LogP contribution in [0.15, 0.2) is 36.1 Å². The van der Waals surface area contributed by atoms with Crippen LogP contribution >= 0.6 is 0 Å². The van der Waals surface area contributed by atoms with Gasteiger partial charge in [0.1, 0.15) is 23.0 Å². The first-order valence-corrected chi connectivity index (χ1v) is 14.8. The van der Waals surface area contributed by atoms with Gasteiger partial charge in [0, 0.05) is 0 Å². The van der Waals surface area contributed by atoms with Crippen LogP contribution in [-0.4, -0.2) is 18.4 Å². The number of rotatable bonds is 10. The molecule has 0 N–H and O–H groups in total. The third-order valence-electron chi connectivity index (χ3n) is 9.05. The summed E-state index contributed by atoms with van der Waals surface area (Å²) in [6, 6.07) is 1.68. The molecule has 0 radical (unpaired) electrons. The summed E-state index contributed by atoms with van der Waals surface area (Å²) in [6.45, 7) is 2.20. The van der Waals surface area contributed by atoms with Crippen LogP contribution in [0.5, 0.6) is 0 Å². The first-order chi connectivity index (χ1) is 19.7. The van der Waals surface area contributed by atoms with E-state index in [1.54, 1.807) is 0 Å². The van der Waals surface area contributed by atoms with Crippen LogP contribution in [0.25, 0.3) is 0 Å². The van der Waals surface area contributed by atoms with Gasteiger partial charge < -0.3 is 4.74 Å². The maximum atomic E-state index is 14.9. The highest BCUT2D eigenvalue weighted by molar-refractivity contribution is 5.32. The Labute approximate surface area is 240 Å². The highest BCUT2D eigenvalue weighted by Gasteiger charge is 2.50. The molecule has 0 amide bonds. The maximum Gasteiger partial charge on any atom is 0.525 e. The molecule has 4 rings (SSSR count). The molecule has 236 valence electrons. The van der Waals surface area contributed by atoms with Crippen LogP contribution in [0.4, 0.5) is 39.5 Å². The fourth-order valence-electron chi connectivity index (χ4n) is 6.80. The zero-order chi connectivity index (χ0) is 30.7. The van der Waals surface area contributed by atoms with Crippen LogP contribution < -0.4 is 0 Å². The van der Waals surface area contributed by atoms with Crippen molar-refractivity contribution in [3.63, 3.8) is 0 Å². The van der Waals surface area contributed by atoms with Crippen molar-refractivity contribution in [3.8, 4) is 0 Å². The van der Waals surface area contributed by atoms with Gasteiger partial charge in [0.2, 0.25) is 0 Å². The average Bonchev–Trinajstić information content (AvgIpc) is 2.90. The average molecular weight is 613 g/mol. The summed E-state index contributed by atoms with van der Waals surface area (Å²) in [5, 5.41) is 0. The minimum atomic E-state index is -5.56. The van der Waals surface area contributed by atoms with E-state index in [0.717, 1.165) is 30.9 Å². The lowest BCUT2D eigenvalue weighted by Gasteiger charge is -2.38. The Morgan fingerprint density at radius 1 is 0.857 bits per heavy atom. The van der Waals surface area contributed by atoms with Crippen LogP contribution in [0.2, 0.25) is 0 Å². The largest absolute Gasteiger partial charge is 0.525 e. The Kier molecular flexibility index (Phi) is 10.3. The lowest BCUT2D eigenvalue weighted by molar-refractivity contribution is -0.388. The number of alkyl halides is 7. The highest BCUT2D eigenvalue weighted by atomic mass is 19.4. The molecule has 1 aromatic carbocycles. The van der Waals surface area contributed by atoms with Crippen molar-refractivity contribution in [3.05, 3.63) is 58.9 Å². The second kappa shape index (κ2) is 13.2. The van der Waals surface area contributed by atoms with Gasteiger partial charge in [0.15, 0.2) is 6.17 Å². The zero-order valence-electron chi connectivity index (χ0n) is 23.5. The molecule has 0 bridgehead atoms. The Morgan fingerprint density at radius 3 is 1.95 bits per heavy atom. The Morgan fingerprint density at radius 2 is 1.43 bits per heavy atom. The van der Waals surface area contributed by atoms with E-state index in [1.165, 1.54) is 51.4 Å². The van der Waals surface area contributed by atoms with Crippen molar-refractivity contribution in [2.75, 3.05) is 0 Å². The molecule has 0 saturated heterocycles. The fraction of sp³-hybridized carbons (Fsp3) is 0.677. The Hall–Kier alpha value is -2.17. The molecular formula is C31H37F9O2. The van der Waals surface area contributed by atoms with E-state index >= 15 is 0 Å². The lowest BCUT2D eigenvalue weighted by atomic mass is 9.68. The molecule has 0 heterocycles. The number of ether oxygens (including phenoxy) is 2. The standard InChI is InChI=1S/C31H37F9O2/c1-2-3-4-5-19-6-8-20(9-7-19)21-10-12-22(13-11-21)23-16-25(32)28(26(33)17-23)30(36,37)41-24-14-15-29(35,27(34)18-24)42-31(38,39)40/h14-22,27H,2-13H2,1H3. The molecule has 11 heteroatoms. The summed E-state index contributed by atoms with van der Waals surface area (Å²) in [6.07, 6.45) is -0.0929. The Balaban J connectivity index is 1.35.